The molecule has 2 aromatic heterocycles. The summed E-state index contributed by atoms with van der Waals surface area (Å²) in [5.74, 6) is -1.10. The molecule has 0 unspecified atom stereocenters. The van der Waals surface area contributed by atoms with Gasteiger partial charge in [-0.3, -0.25) is 9.59 Å². The maximum absolute atomic E-state index is 13.4. The topological polar surface area (TPSA) is 88.4 Å². The summed E-state index contributed by atoms with van der Waals surface area (Å²) < 4.78 is 15.1. The molecular weight excluding hydrogens is 357 g/mol. The van der Waals surface area contributed by atoms with Gasteiger partial charge in [0.15, 0.2) is 5.82 Å². The van der Waals surface area contributed by atoms with Crippen LogP contribution in [0, 0.1) is 5.82 Å². The van der Waals surface area contributed by atoms with Gasteiger partial charge in [-0.1, -0.05) is 12.1 Å². The fourth-order valence-corrected chi connectivity index (χ4v) is 3.37. The molecular formula is C17H16FN5O2S. The second-order valence-corrected chi connectivity index (χ2v) is 6.96. The van der Waals surface area contributed by atoms with Gasteiger partial charge in [0.05, 0.1) is 5.69 Å². The van der Waals surface area contributed by atoms with E-state index in [1.165, 1.54) is 23.5 Å². The van der Waals surface area contributed by atoms with Gasteiger partial charge in [-0.2, -0.15) is 4.98 Å². The predicted octanol–water partition coefficient (Wildman–Crippen LogP) is 1.53. The lowest BCUT2D eigenvalue weighted by Crippen LogP contribution is -2.41. The molecule has 7 nitrogen and oxygen atoms in total. The number of nitrogens with one attached hydrogen (secondary N) is 2. The molecule has 4 rings (SSSR count). The maximum Gasteiger partial charge on any atom is 0.309 e. The molecule has 3 aromatic rings. The lowest BCUT2D eigenvalue weighted by atomic mass is 10.2. The molecule has 0 spiro atoms. The van der Waals surface area contributed by atoms with Gasteiger partial charge in [0.2, 0.25) is 4.96 Å². The molecule has 0 bridgehead atoms. The van der Waals surface area contributed by atoms with E-state index in [1.807, 2.05) is 5.38 Å². The Balaban J connectivity index is 1.40. The van der Waals surface area contributed by atoms with Gasteiger partial charge in [0.1, 0.15) is 5.82 Å². The van der Waals surface area contributed by atoms with Crippen molar-refractivity contribution in [3.05, 3.63) is 41.2 Å². The van der Waals surface area contributed by atoms with Crippen LogP contribution in [-0.2, 0) is 16.0 Å². The molecule has 1 saturated carbocycles. The van der Waals surface area contributed by atoms with Crippen LogP contribution < -0.4 is 10.6 Å². The van der Waals surface area contributed by atoms with E-state index in [2.05, 4.69) is 20.7 Å². The second-order valence-electron chi connectivity index (χ2n) is 6.12. The highest BCUT2D eigenvalue weighted by molar-refractivity contribution is 7.15. The number of amides is 2. The molecule has 2 amide bonds. The Hall–Kier alpha value is -2.81. The van der Waals surface area contributed by atoms with Gasteiger partial charge in [0, 0.05) is 30.0 Å². The summed E-state index contributed by atoms with van der Waals surface area (Å²) in [4.78, 5) is 28.4. The van der Waals surface area contributed by atoms with Crippen molar-refractivity contribution < 1.29 is 14.0 Å². The van der Waals surface area contributed by atoms with Crippen molar-refractivity contribution in [2.75, 3.05) is 6.54 Å². The highest BCUT2D eigenvalue weighted by Crippen LogP contribution is 2.21. The Bertz CT molecular complexity index is 979. The fraction of sp³-hybridized carbons (Fsp3) is 0.294. The molecule has 134 valence electrons. The zero-order valence-corrected chi connectivity index (χ0v) is 14.6. The number of rotatable bonds is 5. The third-order valence-corrected chi connectivity index (χ3v) is 4.88. The van der Waals surface area contributed by atoms with Crippen LogP contribution in [0.4, 0.5) is 4.39 Å². The highest BCUT2D eigenvalue weighted by Gasteiger charge is 2.26. The first-order valence-corrected chi connectivity index (χ1v) is 9.16. The van der Waals surface area contributed by atoms with Gasteiger partial charge in [-0.05, 0) is 25.0 Å². The maximum atomic E-state index is 13.4. The third-order valence-electron chi connectivity index (χ3n) is 4.02. The van der Waals surface area contributed by atoms with Crippen LogP contribution in [0.25, 0.3) is 16.3 Å². The van der Waals surface area contributed by atoms with Gasteiger partial charge in [-0.25, -0.2) is 8.91 Å². The van der Waals surface area contributed by atoms with E-state index in [4.69, 9.17) is 0 Å². The summed E-state index contributed by atoms with van der Waals surface area (Å²) in [7, 11) is 0. The van der Waals surface area contributed by atoms with Crippen LogP contribution >= 0.6 is 11.3 Å². The number of halogens is 1. The minimum Gasteiger partial charge on any atom is -0.347 e. The van der Waals surface area contributed by atoms with E-state index in [0.717, 1.165) is 18.5 Å². The first-order valence-electron chi connectivity index (χ1n) is 8.28. The first kappa shape index (κ1) is 16.6. The SMILES string of the molecule is O=C(NCCc1csc2nc(-c3cccc(F)c3)nn12)C(=O)NC1CC1. The van der Waals surface area contributed by atoms with Crippen molar-refractivity contribution in [2.24, 2.45) is 0 Å². The smallest absolute Gasteiger partial charge is 0.309 e. The Morgan fingerprint density at radius 2 is 2.15 bits per heavy atom. The van der Waals surface area contributed by atoms with E-state index in [0.29, 0.717) is 29.3 Å². The molecule has 2 N–H and O–H groups in total. The van der Waals surface area contributed by atoms with Crippen LogP contribution in [0.2, 0.25) is 0 Å². The lowest BCUT2D eigenvalue weighted by molar-refractivity contribution is -0.139. The molecule has 0 radical (unpaired) electrons. The average molecular weight is 373 g/mol. The van der Waals surface area contributed by atoms with Crippen molar-refractivity contribution in [1.82, 2.24) is 25.2 Å². The number of nitrogens with zero attached hydrogens (tertiary/aromatic N) is 3. The summed E-state index contributed by atoms with van der Waals surface area (Å²) in [5, 5.41) is 11.6. The minimum absolute atomic E-state index is 0.154. The number of fused-ring (bicyclic) bond motifs is 1. The number of thiazole rings is 1. The number of hydrogen-bond acceptors (Lipinski definition) is 5. The zero-order valence-electron chi connectivity index (χ0n) is 13.7. The van der Waals surface area contributed by atoms with Crippen molar-refractivity contribution in [3.8, 4) is 11.4 Å². The molecule has 2 heterocycles. The van der Waals surface area contributed by atoms with E-state index >= 15 is 0 Å². The largest absolute Gasteiger partial charge is 0.347 e. The van der Waals surface area contributed by atoms with Crippen molar-refractivity contribution in [1.29, 1.82) is 0 Å². The summed E-state index contributed by atoms with van der Waals surface area (Å²) in [6.45, 7) is 0.317. The molecule has 1 aromatic carbocycles. The van der Waals surface area contributed by atoms with Gasteiger partial charge in [-0.15, -0.1) is 16.4 Å². The number of benzene rings is 1. The Morgan fingerprint density at radius 3 is 2.92 bits per heavy atom. The molecule has 9 heteroatoms. The normalized spacial score (nSPS) is 13.7. The number of carbonyl (C=O) groups is 2. The van der Waals surface area contributed by atoms with Gasteiger partial charge >= 0.3 is 11.8 Å². The number of carbonyl (C=O) groups excluding carboxylic acids is 2. The van der Waals surface area contributed by atoms with Crippen molar-refractivity contribution in [2.45, 2.75) is 25.3 Å². The average Bonchev–Trinajstić information content (AvgIpc) is 3.20. The Labute approximate surface area is 152 Å². The molecule has 0 atom stereocenters. The van der Waals surface area contributed by atoms with Gasteiger partial charge in [0.25, 0.3) is 0 Å². The van der Waals surface area contributed by atoms with E-state index in [9.17, 15) is 14.0 Å². The number of hydrogen-bond donors (Lipinski definition) is 2. The predicted molar refractivity (Wildman–Crippen MR) is 94.1 cm³/mol. The fourth-order valence-electron chi connectivity index (χ4n) is 2.51. The van der Waals surface area contributed by atoms with Gasteiger partial charge < -0.3 is 10.6 Å². The molecule has 0 saturated heterocycles. The van der Waals surface area contributed by atoms with E-state index in [1.54, 1.807) is 16.6 Å². The molecule has 1 aliphatic rings. The lowest BCUT2D eigenvalue weighted by Gasteiger charge is -2.04. The van der Waals surface area contributed by atoms with Crippen molar-refractivity contribution in [3.63, 3.8) is 0 Å². The van der Waals surface area contributed by atoms with Crippen LogP contribution in [0.1, 0.15) is 18.5 Å². The monoisotopic (exact) mass is 373 g/mol. The Kier molecular flexibility index (Phi) is 4.37. The highest BCUT2D eigenvalue weighted by atomic mass is 32.1. The third kappa shape index (κ3) is 3.57. The van der Waals surface area contributed by atoms with Crippen LogP contribution in [-0.4, -0.2) is 39.0 Å². The van der Waals surface area contributed by atoms with Crippen LogP contribution in [0.3, 0.4) is 0 Å². The Morgan fingerprint density at radius 1 is 1.31 bits per heavy atom. The van der Waals surface area contributed by atoms with Crippen molar-refractivity contribution >= 4 is 28.1 Å². The first-order chi connectivity index (χ1) is 12.6. The zero-order chi connectivity index (χ0) is 18.1. The molecule has 26 heavy (non-hydrogen) atoms. The quantitative estimate of drug-likeness (QED) is 0.664. The summed E-state index contributed by atoms with van der Waals surface area (Å²) in [5.41, 5.74) is 1.47. The van der Waals surface area contributed by atoms with E-state index < -0.39 is 11.8 Å². The second kappa shape index (κ2) is 6.83. The summed E-state index contributed by atoms with van der Waals surface area (Å²) in [6.07, 6.45) is 2.38. The minimum atomic E-state index is -0.623. The number of aromatic nitrogens is 3. The molecule has 1 fully saturated rings. The van der Waals surface area contributed by atoms with E-state index in [-0.39, 0.29) is 11.9 Å². The van der Waals surface area contributed by atoms with Crippen LogP contribution in [0.5, 0.6) is 0 Å². The van der Waals surface area contributed by atoms with Crippen LogP contribution in [0.15, 0.2) is 29.6 Å². The molecule has 1 aliphatic carbocycles. The standard InChI is InChI=1S/C17H16FN5O2S/c18-11-3-1-2-10(8-11)14-21-17-23(22-14)13(9-26-17)6-7-19-15(24)16(25)20-12-4-5-12/h1-3,8-9,12H,4-7H2,(H,19,24)(H,20,25). The molecule has 0 aliphatic heterocycles. The summed E-state index contributed by atoms with van der Waals surface area (Å²) in [6, 6.07) is 6.28. The summed E-state index contributed by atoms with van der Waals surface area (Å²) >= 11 is 1.42.